The van der Waals surface area contributed by atoms with Crippen molar-refractivity contribution >= 4 is 11.8 Å². The first kappa shape index (κ1) is 13.9. The molecule has 1 fully saturated rings. The molecule has 0 aromatic rings. The topological polar surface area (TPSA) is 59.1 Å². The van der Waals surface area contributed by atoms with Crippen molar-refractivity contribution in [3.8, 4) is 0 Å². The molecule has 0 aliphatic carbocycles. The number of rotatable bonds is 4. The van der Waals surface area contributed by atoms with Crippen LogP contribution in [0.1, 0.15) is 6.42 Å². The van der Waals surface area contributed by atoms with E-state index in [1.165, 1.54) is 16.9 Å². The SMILES string of the molecule is CO[C@]1(C(=O)N(C)CC(=O)N(C)C)CCOC1. The molecule has 0 bridgehead atoms. The highest BCUT2D eigenvalue weighted by atomic mass is 16.6. The van der Waals surface area contributed by atoms with Gasteiger partial charge in [0.2, 0.25) is 5.91 Å². The lowest BCUT2D eigenvalue weighted by atomic mass is 10.0. The number of ether oxygens (including phenoxy) is 2. The van der Waals surface area contributed by atoms with Crippen molar-refractivity contribution in [3.05, 3.63) is 0 Å². The van der Waals surface area contributed by atoms with Crippen molar-refractivity contribution in [3.63, 3.8) is 0 Å². The molecule has 6 heteroatoms. The monoisotopic (exact) mass is 244 g/mol. The van der Waals surface area contributed by atoms with Gasteiger partial charge in [0.05, 0.1) is 19.8 Å². The van der Waals surface area contributed by atoms with E-state index < -0.39 is 5.60 Å². The fourth-order valence-corrected chi connectivity index (χ4v) is 1.73. The third kappa shape index (κ3) is 2.95. The van der Waals surface area contributed by atoms with Gasteiger partial charge in [-0.3, -0.25) is 9.59 Å². The molecule has 98 valence electrons. The Morgan fingerprint density at radius 2 is 2.00 bits per heavy atom. The van der Waals surface area contributed by atoms with E-state index in [9.17, 15) is 9.59 Å². The van der Waals surface area contributed by atoms with Gasteiger partial charge in [0.15, 0.2) is 5.60 Å². The van der Waals surface area contributed by atoms with Crippen molar-refractivity contribution in [1.82, 2.24) is 9.80 Å². The van der Waals surface area contributed by atoms with Gasteiger partial charge in [-0.05, 0) is 0 Å². The quantitative estimate of drug-likeness (QED) is 0.658. The predicted molar refractivity (Wildman–Crippen MR) is 61.5 cm³/mol. The van der Waals surface area contributed by atoms with Gasteiger partial charge in [-0.25, -0.2) is 0 Å². The Morgan fingerprint density at radius 3 is 2.41 bits per heavy atom. The van der Waals surface area contributed by atoms with Crippen LogP contribution >= 0.6 is 0 Å². The molecule has 0 N–H and O–H groups in total. The molecule has 0 saturated carbocycles. The van der Waals surface area contributed by atoms with Gasteiger partial charge in [0, 0.05) is 34.7 Å². The van der Waals surface area contributed by atoms with Crippen LogP contribution in [0.4, 0.5) is 0 Å². The first-order chi connectivity index (χ1) is 7.93. The Bertz CT molecular complexity index is 298. The molecule has 1 aliphatic heterocycles. The van der Waals surface area contributed by atoms with E-state index in [0.29, 0.717) is 13.0 Å². The highest BCUT2D eigenvalue weighted by molar-refractivity contribution is 5.89. The third-order valence-corrected chi connectivity index (χ3v) is 2.98. The normalized spacial score (nSPS) is 23.5. The number of carbonyl (C=O) groups excluding carboxylic acids is 2. The molecule has 0 radical (unpaired) electrons. The lowest BCUT2D eigenvalue weighted by Gasteiger charge is -2.30. The molecule has 0 aromatic heterocycles. The van der Waals surface area contributed by atoms with Crippen molar-refractivity contribution in [2.24, 2.45) is 0 Å². The van der Waals surface area contributed by atoms with E-state index in [1.807, 2.05) is 0 Å². The summed E-state index contributed by atoms with van der Waals surface area (Å²) in [5.74, 6) is -0.321. The number of methoxy groups -OCH3 is 1. The van der Waals surface area contributed by atoms with Gasteiger partial charge < -0.3 is 19.3 Å². The van der Waals surface area contributed by atoms with Crippen LogP contribution in [-0.4, -0.2) is 75.2 Å². The number of hydrogen-bond donors (Lipinski definition) is 0. The fraction of sp³-hybridized carbons (Fsp3) is 0.818. The molecule has 1 heterocycles. The Morgan fingerprint density at radius 1 is 1.35 bits per heavy atom. The minimum atomic E-state index is -0.915. The molecule has 0 aromatic carbocycles. The van der Waals surface area contributed by atoms with Crippen LogP contribution in [0, 0.1) is 0 Å². The lowest BCUT2D eigenvalue weighted by molar-refractivity contribution is -0.156. The molecule has 0 spiro atoms. The Balaban J connectivity index is 2.65. The zero-order chi connectivity index (χ0) is 13.1. The van der Waals surface area contributed by atoms with E-state index in [-0.39, 0.29) is 25.0 Å². The second-order valence-corrected chi connectivity index (χ2v) is 4.45. The zero-order valence-electron chi connectivity index (χ0n) is 10.9. The van der Waals surface area contributed by atoms with Crippen LogP contribution in [0.15, 0.2) is 0 Å². The van der Waals surface area contributed by atoms with Crippen molar-refractivity contribution < 1.29 is 19.1 Å². The summed E-state index contributed by atoms with van der Waals surface area (Å²) < 4.78 is 10.5. The van der Waals surface area contributed by atoms with Crippen LogP contribution in [0.25, 0.3) is 0 Å². The standard InChI is InChI=1S/C11H20N2O4/c1-12(2)9(14)7-13(3)10(15)11(16-4)5-6-17-8-11/h5-8H2,1-4H3/t11-/m1/s1. The van der Waals surface area contributed by atoms with Crippen LogP contribution in [0.2, 0.25) is 0 Å². The van der Waals surface area contributed by atoms with E-state index >= 15 is 0 Å². The molecule has 17 heavy (non-hydrogen) atoms. The van der Waals surface area contributed by atoms with Gasteiger partial charge in [0.1, 0.15) is 0 Å². The maximum absolute atomic E-state index is 12.2. The molecule has 2 amide bonds. The number of hydrogen-bond acceptors (Lipinski definition) is 4. The summed E-state index contributed by atoms with van der Waals surface area (Å²) in [5.41, 5.74) is -0.915. The van der Waals surface area contributed by atoms with Crippen LogP contribution in [-0.2, 0) is 19.1 Å². The first-order valence-electron chi connectivity index (χ1n) is 5.51. The fourth-order valence-electron chi connectivity index (χ4n) is 1.73. The third-order valence-electron chi connectivity index (χ3n) is 2.98. The highest BCUT2D eigenvalue weighted by Gasteiger charge is 2.44. The Kier molecular flexibility index (Phi) is 4.47. The van der Waals surface area contributed by atoms with Crippen molar-refractivity contribution in [2.45, 2.75) is 12.0 Å². The number of nitrogens with zero attached hydrogens (tertiary/aromatic N) is 2. The smallest absolute Gasteiger partial charge is 0.257 e. The highest BCUT2D eigenvalue weighted by Crippen LogP contribution is 2.24. The van der Waals surface area contributed by atoms with Gasteiger partial charge >= 0.3 is 0 Å². The maximum atomic E-state index is 12.2. The number of carbonyl (C=O) groups is 2. The number of amides is 2. The van der Waals surface area contributed by atoms with Crippen molar-refractivity contribution in [2.75, 3.05) is 48.0 Å². The molecule has 1 rings (SSSR count). The molecular weight excluding hydrogens is 224 g/mol. The molecule has 1 saturated heterocycles. The summed E-state index contributed by atoms with van der Waals surface area (Å²) in [5, 5.41) is 0. The van der Waals surface area contributed by atoms with E-state index in [0.717, 1.165) is 0 Å². The Labute approximate surface area is 101 Å². The van der Waals surface area contributed by atoms with Gasteiger partial charge in [-0.15, -0.1) is 0 Å². The molecule has 1 atom stereocenters. The van der Waals surface area contributed by atoms with Crippen LogP contribution in [0.3, 0.4) is 0 Å². The van der Waals surface area contributed by atoms with E-state index in [4.69, 9.17) is 9.47 Å². The summed E-state index contributed by atoms with van der Waals surface area (Å²) in [6, 6.07) is 0. The summed E-state index contributed by atoms with van der Waals surface area (Å²) in [4.78, 5) is 26.6. The van der Waals surface area contributed by atoms with Crippen LogP contribution in [0.5, 0.6) is 0 Å². The van der Waals surface area contributed by atoms with Gasteiger partial charge in [-0.2, -0.15) is 0 Å². The summed E-state index contributed by atoms with van der Waals surface area (Å²) in [6.45, 7) is 0.814. The van der Waals surface area contributed by atoms with Crippen LogP contribution < -0.4 is 0 Å². The summed E-state index contributed by atoms with van der Waals surface area (Å²) >= 11 is 0. The van der Waals surface area contributed by atoms with Gasteiger partial charge in [0.25, 0.3) is 5.91 Å². The summed E-state index contributed by atoms with van der Waals surface area (Å²) in [7, 11) is 6.41. The largest absolute Gasteiger partial charge is 0.378 e. The molecule has 1 aliphatic rings. The maximum Gasteiger partial charge on any atom is 0.257 e. The second-order valence-electron chi connectivity index (χ2n) is 4.45. The first-order valence-corrected chi connectivity index (χ1v) is 5.51. The second kappa shape index (κ2) is 5.46. The zero-order valence-corrected chi connectivity index (χ0v) is 10.9. The van der Waals surface area contributed by atoms with Crippen molar-refractivity contribution in [1.29, 1.82) is 0 Å². The minimum absolute atomic E-state index is 0.0525. The molecule has 0 unspecified atom stereocenters. The average molecular weight is 244 g/mol. The summed E-state index contributed by atoms with van der Waals surface area (Å²) in [6.07, 6.45) is 0.531. The lowest BCUT2D eigenvalue weighted by Crippen LogP contribution is -2.51. The predicted octanol–water partition coefficient (Wildman–Crippen LogP) is -0.661. The number of likely N-dealkylation sites (N-methyl/N-ethyl adjacent to an activating group) is 2. The molecular formula is C11H20N2O4. The van der Waals surface area contributed by atoms with Gasteiger partial charge in [-0.1, -0.05) is 0 Å². The van der Waals surface area contributed by atoms with E-state index in [2.05, 4.69) is 0 Å². The van der Waals surface area contributed by atoms with E-state index in [1.54, 1.807) is 21.1 Å². The molecule has 6 nitrogen and oxygen atoms in total. The minimum Gasteiger partial charge on any atom is -0.378 e. The Hall–Kier alpha value is -1.14. The average Bonchev–Trinajstić information content (AvgIpc) is 2.77.